The molecule has 3 aromatic carbocycles. The van der Waals surface area contributed by atoms with E-state index in [-0.39, 0.29) is 11.7 Å². The number of halogens is 2. The highest BCUT2D eigenvalue weighted by atomic mass is 79.9. The number of rotatable bonds is 6. The monoisotopic (exact) mass is 498 g/mol. The van der Waals surface area contributed by atoms with Gasteiger partial charge in [0.25, 0.3) is 0 Å². The molecule has 0 saturated heterocycles. The average molecular weight is 500 g/mol. The topological polar surface area (TPSA) is 59.8 Å². The van der Waals surface area contributed by atoms with Gasteiger partial charge in [-0.1, -0.05) is 53.7 Å². The Morgan fingerprint density at radius 2 is 1.67 bits per heavy atom. The summed E-state index contributed by atoms with van der Waals surface area (Å²) in [5, 5.41) is 12.9. The van der Waals surface area contributed by atoms with E-state index in [1.807, 2.05) is 83.4 Å². The van der Waals surface area contributed by atoms with Gasteiger partial charge in [0.15, 0.2) is 11.0 Å². The molecule has 30 heavy (non-hydrogen) atoms. The fourth-order valence-electron chi connectivity index (χ4n) is 2.84. The predicted octanol–water partition coefficient (Wildman–Crippen LogP) is 6.08. The lowest BCUT2D eigenvalue weighted by molar-refractivity contribution is -0.113. The standard InChI is InChI=1S/C22H16BrClN4OS/c23-18-8-4-5-9-19(18)25-20(29)14-30-22-27-26-21(15-10-12-16(24)13-11-15)28(22)17-6-2-1-3-7-17/h1-13H,14H2,(H,25,29). The van der Waals surface area contributed by atoms with Crippen molar-refractivity contribution in [1.82, 2.24) is 14.8 Å². The number of benzene rings is 3. The number of amides is 1. The number of hydrogen-bond acceptors (Lipinski definition) is 4. The molecule has 0 fully saturated rings. The normalized spacial score (nSPS) is 10.7. The van der Waals surface area contributed by atoms with Crippen molar-refractivity contribution in [2.45, 2.75) is 5.16 Å². The summed E-state index contributed by atoms with van der Waals surface area (Å²) in [5.74, 6) is 0.765. The van der Waals surface area contributed by atoms with Crippen molar-refractivity contribution in [3.8, 4) is 17.1 Å². The molecule has 0 radical (unpaired) electrons. The fraction of sp³-hybridized carbons (Fsp3) is 0.0455. The quantitative estimate of drug-likeness (QED) is 0.327. The molecule has 1 N–H and O–H groups in total. The summed E-state index contributed by atoms with van der Waals surface area (Å²) >= 11 is 10.8. The van der Waals surface area contributed by atoms with E-state index >= 15 is 0 Å². The minimum absolute atomic E-state index is 0.123. The Morgan fingerprint density at radius 1 is 0.967 bits per heavy atom. The second-order valence-corrected chi connectivity index (χ2v) is 8.53. The van der Waals surface area contributed by atoms with Gasteiger partial charge in [0, 0.05) is 20.7 Å². The zero-order valence-corrected chi connectivity index (χ0v) is 18.8. The molecule has 0 spiro atoms. The van der Waals surface area contributed by atoms with Gasteiger partial charge in [0.1, 0.15) is 0 Å². The number of nitrogens with one attached hydrogen (secondary N) is 1. The van der Waals surface area contributed by atoms with Crippen molar-refractivity contribution in [2.24, 2.45) is 0 Å². The SMILES string of the molecule is O=C(CSc1nnc(-c2ccc(Cl)cc2)n1-c1ccccc1)Nc1ccccc1Br. The number of nitrogens with zero attached hydrogens (tertiary/aromatic N) is 3. The van der Waals surface area contributed by atoms with E-state index in [9.17, 15) is 4.79 Å². The van der Waals surface area contributed by atoms with Gasteiger partial charge in [0.05, 0.1) is 11.4 Å². The Morgan fingerprint density at radius 3 is 2.40 bits per heavy atom. The van der Waals surface area contributed by atoms with Crippen LogP contribution in [0.5, 0.6) is 0 Å². The predicted molar refractivity (Wildman–Crippen MR) is 125 cm³/mol. The molecule has 4 aromatic rings. The van der Waals surface area contributed by atoms with Crippen LogP contribution in [0.2, 0.25) is 5.02 Å². The van der Waals surface area contributed by atoms with Crippen molar-refractivity contribution in [1.29, 1.82) is 0 Å². The summed E-state index contributed by atoms with van der Waals surface area (Å²) < 4.78 is 2.78. The summed E-state index contributed by atoms with van der Waals surface area (Å²) in [6, 6.07) is 24.8. The average Bonchev–Trinajstić information content (AvgIpc) is 3.19. The number of hydrogen-bond donors (Lipinski definition) is 1. The second kappa shape index (κ2) is 9.47. The van der Waals surface area contributed by atoms with Crippen molar-refractivity contribution < 1.29 is 4.79 Å². The number of anilines is 1. The first-order valence-electron chi connectivity index (χ1n) is 9.06. The molecule has 0 saturated carbocycles. The third-order valence-electron chi connectivity index (χ3n) is 4.23. The van der Waals surface area contributed by atoms with Crippen LogP contribution in [-0.2, 0) is 4.79 Å². The Hall–Kier alpha value is -2.61. The number of carbonyl (C=O) groups is 1. The van der Waals surface area contributed by atoms with Gasteiger partial charge in [-0.25, -0.2) is 0 Å². The van der Waals surface area contributed by atoms with Crippen molar-refractivity contribution >= 4 is 50.9 Å². The number of para-hydroxylation sites is 2. The molecule has 150 valence electrons. The van der Waals surface area contributed by atoms with Gasteiger partial charge in [-0.2, -0.15) is 0 Å². The van der Waals surface area contributed by atoms with Crippen molar-refractivity contribution in [2.75, 3.05) is 11.1 Å². The third-order valence-corrected chi connectivity index (χ3v) is 6.10. The second-order valence-electron chi connectivity index (χ2n) is 6.30. The summed E-state index contributed by atoms with van der Waals surface area (Å²) in [4.78, 5) is 12.5. The van der Waals surface area contributed by atoms with E-state index in [0.717, 1.165) is 21.4 Å². The highest BCUT2D eigenvalue weighted by Crippen LogP contribution is 2.29. The van der Waals surface area contributed by atoms with Gasteiger partial charge < -0.3 is 5.32 Å². The van der Waals surface area contributed by atoms with E-state index in [4.69, 9.17) is 11.6 Å². The van der Waals surface area contributed by atoms with Crippen molar-refractivity contribution in [3.05, 3.63) is 88.4 Å². The molecule has 0 aliphatic heterocycles. The minimum Gasteiger partial charge on any atom is -0.324 e. The van der Waals surface area contributed by atoms with Crippen LogP contribution in [0.15, 0.2) is 88.5 Å². The number of aromatic nitrogens is 3. The lowest BCUT2D eigenvalue weighted by Gasteiger charge is -2.11. The van der Waals surface area contributed by atoms with Crippen LogP contribution >= 0.6 is 39.3 Å². The van der Waals surface area contributed by atoms with Crippen LogP contribution in [0.4, 0.5) is 5.69 Å². The number of carbonyl (C=O) groups excluding carboxylic acids is 1. The summed E-state index contributed by atoms with van der Waals surface area (Å²) in [7, 11) is 0. The van der Waals surface area contributed by atoms with Crippen LogP contribution < -0.4 is 5.32 Å². The molecule has 0 unspecified atom stereocenters. The van der Waals surface area contributed by atoms with E-state index in [0.29, 0.717) is 16.0 Å². The summed E-state index contributed by atoms with van der Waals surface area (Å²) in [6.07, 6.45) is 0. The highest BCUT2D eigenvalue weighted by Gasteiger charge is 2.17. The molecule has 0 atom stereocenters. The molecule has 1 aromatic heterocycles. The maximum Gasteiger partial charge on any atom is 0.234 e. The van der Waals surface area contributed by atoms with Crippen LogP contribution in [0.25, 0.3) is 17.1 Å². The van der Waals surface area contributed by atoms with Gasteiger partial charge in [0.2, 0.25) is 5.91 Å². The van der Waals surface area contributed by atoms with E-state index < -0.39 is 0 Å². The zero-order valence-electron chi connectivity index (χ0n) is 15.6. The Bertz CT molecular complexity index is 1170. The number of thioether (sulfide) groups is 1. The lowest BCUT2D eigenvalue weighted by atomic mass is 10.2. The van der Waals surface area contributed by atoms with Gasteiger partial charge in [-0.05, 0) is 64.5 Å². The molecule has 5 nitrogen and oxygen atoms in total. The molecule has 1 heterocycles. The first kappa shape index (κ1) is 20.7. The first-order valence-corrected chi connectivity index (χ1v) is 11.2. The zero-order chi connectivity index (χ0) is 20.9. The van der Waals surface area contributed by atoms with Crippen LogP contribution in [0.1, 0.15) is 0 Å². The van der Waals surface area contributed by atoms with Gasteiger partial charge in [-0.3, -0.25) is 9.36 Å². The molecule has 8 heteroatoms. The van der Waals surface area contributed by atoms with E-state index in [1.165, 1.54) is 11.8 Å². The van der Waals surface area contributed by atoms with Crippen LogP contribution in [0, 0.1) is 0 Å². The summed E-state index contributed by atoms with van der Waals surface area (Å²) in [5.41, 5.74) is 2.54. The first-order chi connectivity index (χ1) is 14.6. The fourth-order valence-corrected chi connectivity index (χ4v) is 4.10. The van der Waals surface area contributed by atoms with Gasteiger partial charge in [-0.15, -0.1) is 10.2 Å². The van der Waals surface area contributed by atoms with E-state index in [2.05, 4.69) is 31.4 Å². The highest BCUT2D eigenvalue weighted by molar-refractivity contribution is 9.10. The van der Waals surface area contributed by atoms with Crippen molar-refractivity contribution in [3.63, 3.8) is 0 Å². The molecule has 0 aliphatic carbocycles. The Labute approximate surface area is 191 Å². The Kier molecular flexibility index (Phi) is 6.52. The lowest BCUT2D eigenvalue weighted by Crippen LogP contribution is -2.15. The van der Waals surface area contributed by atoms with E-state index in [1.54, 1.807) is 0 Å². The molecule has 4 rings (SSSR count). The van der Waals surface area contributed by atoms with Gasteiger partial charge >= 0.3 is 0 Å². The molecule has 0 bridgehead atoms. The maximum absolute atomic E-state index is 12.5. The summed E-state index contributed by atoms with van der Waals surface area (Å²) in [6.45, 7) is 0. The Balaban J connectivity index is 1.59. The molecular weight excluding hydrogens is 484 g/mol. The smallest absolute Gasteiger partial charge is 0.234 e. The van der Waals surface area contributed by atoms with Crippen LogP contribution in [0.3, 0.4) is 0 Å². The molecule has 0 aliphatic rings. The van der Waals surface area contributed by atoms with Crippen LogP contribution in [-0.4, -0.2) is 26.4 Å². The minimum atomic E-state index is -0.123. The third kappa shape index (κ3) is 4.75. The molecule has 1 amide bonds. The molecular formula is C22H16BrClN4OS. The maximum atomic E-state index is 12.5. The largest absolute Gasteiger partial charge is 0.324 e.